The Hall–Kier alpha value is -3.02. The van der Waals surface area contributed by atoms with Crippen molar-refractivity contribution in [2.45, 2.75) is 40.7 Å². The monoisotopic (exact) mass is 378 g/mol. The van der Waals surface area contributed by atoms with Gasteiger partial charge in [0.2, 0.25) is 0 Å². The number of fused-ring (bicyclic) bond motifs is 1. The molecule has 3 aromatic rings. The molecule has 5 nitrogen and oxygen atoms in total. The molecule has 0 fully saturated rings. The number of hydrogen-bond acceptors (Lipinski definition) is 5. The molecule has 0 radical (unpaired) electrons. The average molecular weight is 378 g/mol. The maximum absolute atomic E-state index is 14.1. The fraction of sp³-hybridized carbons (Fsp3) is 0.318. The fourth-order valence-electron chi connectivity index (χ4n) is 3.51. The molecule has 0 amide bonds. The molecule has 0 saturated heterocycles. The Morgan fingerprint density at radius 3 is 2.68 bits per heavy atom. The number of pyridine rings is 1. The van der Waals surface area contributed by atoms with Gasteiger partial charge in [-0.05, 0) is 57.0 Å². The van der Waals surface area contributed by atoms with Crippen molar-refractivity contribution in [1.29, 1.82) is 0 Å². The highest BCUT2D eigenvalue weighted by atomic mass is 19.1. The van der Waals surface area contributed by atoms with Gasteiger partial charge in [0.15, 0.2) is 11.6 Å². The topological polar surface area (TPSA) is 51.1 Å². The Morgan fingerprint density at radius 1 is 1.07 bits per heavy atom. The summed E-state index contributed by atoms with van der Waals surface area (Å²) in [5.41, 5.74) is 5.07. The molecule has 0 aliphatic carbocycles. The molecule has 0 N–H and O–H groups in total. The van der Waals surface area contributed by atoms with E-state index in [9.17, 15) is 4.39 Å². The Balaban J connectivity index is 1.61. The van der Waals surface area contributed by atoms with Crippen LogP contribution in [0.2, 0.25) is 0 Å². The highest BCUT2D eigenvalue weighted by Gasteiger charge is 2.22. The van der Waals surface area contributed by atoms with E-state index in [0.29, 0.717) is 12.3 Å². The Morgan fingerprint density at radius 2 is 1.89 bits per heavy atom. The highest BCUT2D eigenvalue weighted by molar-refractivity contribution is 5.51. The van der Waals surface area contributed by atoms with E-state index in [4.69, 9.17) is 4.74 Å². The van der Waals surface area contributed by atoms with Crippen LogP contribution in [0.5, 0.6) is 11.5 Å². The lowest BCUT2D eigenvalue weighted by molar-refractivity contribution is 0.438. The van der Waals surface area contributed by atoms with Crippen LogP contribution < -0.4 is 9.64 Å². The minimum Gasteiger partial charge on any atom is -0.453 e. The summed E-state index contributed by atoms with van der Waals surface area (Å²) in [6, 6.07) is 6.89. The molecule has 1 aliphatic heterocycles. The third-order valence-corrected chi connectivity index (χ3v) is 5.10. The number of nitrogens with zero attached hydrogens (tertiary/aromatic N) is 4. The third kappa shape index (κ3) is 3.54. The van der Waals surface area contributed by atoms with Crippen molar-refractivity contribution in [1.82, 2.24) is 15.0 Å². The fourth-order valence-corrected chi connectivity index (χ4v) is 3.51. The van der Waals surface area contributed by atoms with Gasteiger partial charge in [-0.15, -0.1) is 0 Å². The van der Waals surface area contributed by atoms with Crippen molar-refractivity contribution >= 4 is 5.82 Å². The highest BCUT2D eigenvalue weighted by Crippen LogP contribution is 2.30. The van der Waals surface area contributed by atoms with Gasteiger partial charge >= 0.3 is 0 Å². The smallest absolute Gasteiger partial charge is 0.165 e. The third-order valence-electron chi connectivity index (χ3n) is 5.10. The van der Waals surface area contributed by atoms with E-state index in [1.54, 1.807) is 12.3 Å². The van der Waals surface area contributed by atoms with Crippen LogP contribution in [0.25, 0.3) is 0 Å². The van der Waals surface area contributed by atoms with Crippen molar-refractivity contribution in [3.05, 3.63) is 70.2 Å². The molecule has 0 unspecified atom stereocenters. The van der Waals surface area contributed by atoms with Crippen LogP contribution in [0.1, 0.15) is 33.9 Å². The lowest BCUT2D eigenvalue weighted by Gasteiger charge is -2.30. The van der Waals surface area contributed by atoms with E-state index in [1.165, 1.54) is 6.07 Å². The van der Waals surface area contributed by atoms with Crippen molar-refractivity contribution < 1.29 is 9.13 Å². The molecule has 0 atom stereocenters. The first-order chi connectivity index (χ1) is 13.4. The van der Waals surface area contributed by atoms with E-state index in [1.807, 2.05) is 32.9 Å². The predicted molar refractivity (Wildman–Crippen MR) is 106 cm³/mol. The van der Waals surface area contributed by atoms with Crippen LogP contribution in [0, 0.1) is 33.5 Å². The lowest BCUT2D eigenvalue weighted by atomic mass is 10.0. The van der Waals surface area contributed by atoms with Gasteiger partial charge in [-0.25, -0.2) is 14.4 Å². The average Bonchev–Trinajstić information content (AvgIpc) is 2.66. The minimum atomic E-state index is -0.373. The molecule has 144 valence electrons. The van der Waals surface area contributed by atoms with Crippen molar-refractivity contribution in [2.75, 3.05) is 11.4 Å². The molecule has 0 bridgehead atoms. The Kier molecular flexibility index (Phi) is 4.71. The number of hydrogen-bond donors (Lipinski definition) is 0. The number of aromatic nitrogens is 3. The van der Waals surface area contributed by atoms with E-state index < -0.39 is 0 Å². The van der Waals surface area contributed by atoms with Gasteiger partial charge < -0.3 is 9.64 Å². The summed E-state index contributed by atoms with van der Waals surface area (Å²) in [5, 5.41) is 0. The molecule has 1 aromatic carbocycles. The van der Waals surface area contributed by atoms with Gasteiger partial charge in [-0.2, -0.15) is 0 Å². The van der Waals surface area contributed by atoms with E-state index >= 15 is 0 Å². The second-order valence-corrected chi connectivity index (χ2v) is 7.29. The van der Waals surface area contributed by atoms with Gasteiger partial charge in [0, 0.05) is 36.5 Å². The summed E-state index contributed by atoms with van der Waals surface area (Å²) in [5.74, 6) is 2.11. The maximum Gasteiger partial charge on any atom is 0.165 e. The Bertz CT molecular complexity index is 1050. The van der Waals surface area contributed by atoms with Gasteiger partial charge in [0.25, 0.3) is 0 Å². The number of halogens is 1. The summed E-state index contributed by atoms with van der Waals surface area (Å²) in [4.78, 5) is 15.9. The van der Waals surface area contributed by atoms with E-state index in [-0.39, 0.29) is 11.6 Å². The van der Waals surface area contributed by atoms with Gasteiger partial charge in [-0.1, -0.05) is 6.07 Å². The SMILES string of the molecule is Cc1ccc(Oc2cnc3c(c2)CN(c2nc(C)nc(C)c2C)CC3)c(F)c1. The molecular formula is C22H23FN4O. The number of anilines is 1. The minimum absolute atomic E-state index is 0.206. The lowest BCUT2D eigenvalue weighted by Crippen LogP contribution is -2.32. The van der Waals surface area contributed by atoms with Crippen molar-refractivity contribution in [3.8, 4) is 11.5 Å². The molecule has 1 aliphatic rings. The molecular weight excluding hydrogens is 355 g/mol. The Labute approximate surface area is 164 Å². The molecule has 3 heterocycles. The molecule has 2 aromatic heterocycles. The van der Waals surface area contributed by atoms with Gasteiger partial charge in [0.1, 0.15) is 17.4 Å². The number of ether oxygens (including phenoxy) is 1. The quantitative estimate of drug-likeness (QED) is 0.667. The largest absolute Gasteiger partial charge is 0.453 e. The normalized spacial score (nSPS) is 13.4. The standard InChI is InChI=1S/C22H23FN4O/c1-13-5-6-21(19(23)9-13)28-18-10-17-12-27(8-7-20(17)24-11-18)22-14(2)15(3)25-16(4)26-22/h5-6,9-11H,7-8,12H2,1-4H3. The zero-order valence-corrected chi connectivity index (χ0v) is 16.6. The van der Waals surface area contributed by atoms with Crippen LogP contribution in [0.4, 0.5) is 10.2 Å². The van der Waals surface area contributed by atoms with Crippen molar-refractivity contribution in [3.63, 3.8) is 0 Å². The maximum atomic E-state index is 14.1. The first-order valence-electron chi connectivity index (χ1n) is 9.39. The van der Waals surface area contributed by atoms with E-state index in [2.05, 4.69) is 26.8 Å². The van der Waals surface area contributed by atoms with E-state index in [0.717, 1.165) is 52.7 Å². The molecule has 28 heavy (non-hydrogen) atoms. The predicted octanol–water partition coefficient (Wildman–Crippen LogP) is 4.60. The summed E-state index contributed by atoms with van der Waals surface area (Å²) in [6.07, 6.45) is 2.49. The summed E-state index contributed by atoms with van der Waals surface area (Å²) < 4.78 is 19.9. The van der Waals surface area contributed by atoms with Crippen LogP contribution >= 0.6 is 0 Å². The summed E-state index contributed by atoms with van der Waals surface area (Å²) in [6.45, 7) is 9.36. The molecule has 6 heteroatoms. The first kappa shape index (κ1) is 18.3. The van der Waals surface area contributed by atoms with Gasteiger partial charge in [0.05, 0.1) is 6.20 Å². The second-order valence-electron chi connectivity index (χ2n) is 7.29. The number of benzene rings is 1. The number of aryl methyl sites for hydroxylation is 3. The van der Waals surface area contributed by atoms with Crippen molar-refractivity contribution in [2.24, 2.45) is 0 Å². The van der Waals surface area contributed by atoms with Crippen LogP contribution in [0.3, 0.4) is 0 Å². The zero-order valence-electron chi connectivity index (χ0n) is 16.6. The van der Waals surface area contributed by atoms with Gasteiger partial charge in [-0.3, -0.25) is 4.98 Å². The molecule has 4 rings (SSSR count). The van der Waals surface area contributed by atoms with Crippen LogP contribution in [-0.4, -0.2) is 21.5 Å². The van der Waals surface area contributed by atoms with Crippen LogP contribution in [-0.2, 0) is 13.0 Å². The first-order valence-corrected chi connectivity index (χ1v) is 9.39. The number of rotatable bonds is 3. The molecule has 0 saturated carbocycles. The van der Waals surface area contributed by atoms with Crippen LogP contribution in [0.15, 0.2) is 30.5 Å². The molecule has 0 spiro atoms. The summed E-state index contributed by atoms with van der Waals surface area (Å²) >= 11 is 0. The zero-order chi connectivity index (χ0) is 19.8. The second kappa shape index (κ2) is 7.19. The summed E-state index contributed by atoms with van der Waals surface area (Å²) in [7, 11) is 0.